The first kappa shape index (κ1) is 10.3. The maximum atomic E-state index is 4.48. The van der Waals surface area contributed by atoms with Crippen molar-refractivity contribution in [2.45, 2.75) is 18.9 Å². The second-order valence-electron chi connectivity index (χ2n) is 3.58. The molecule has 0 N–H and O–H groups in total. The molecule has 3 heteroatoms. The zero-order valence-corrected chi connectivity index (χ0v) is 10.0. The van der Waals surface area contributed by atoms with Crippen LogP contribution in [0.4, 0.5) is 0 Å². The van der Waals surface area contributed by atoms with E-state index in [4.69, 9.17) is 0 Å². The van der Waals surface area contributed by atoms with Crippen LogP contribution >= 0.6 is 11.8 Å². The zero-order chi connectivity index (χ0) is 10.8. The molecular weight excluding hydrogens is 204 g/mol. The lowest BCUT2D eigenvalue weighted by atomic mass is 10.2. The van der Waals surface area contributed by atoms with Gasteiger partial charge in [0.1, 0.15) is 0 Å². The van der Waals surface area contributed by atoms with Gasteiger partial charge in [-0.1, -0.05) is 17.7 Å². The first-order valence-electron chi connectivity index (χ1n) is 4.88. The number of thioether (sulfide) groups is 1. The molecule has 2 nitrogen and oxygen atoms in total. The maximum Gasteiger partial charge on any atom is 0.0998 e. The third-order valence-corrected chi connectivity index (χ3v) is 3.00. The highest BCUT2D eigenvalue weighted by atomic mass is 32.2. The highest BCUT2D eigenvalue weighted by Crippen LogP contribution is 2.20. The first-order chi connectivity index (χ1) is 7.20. The van der Waals surface area contributed by atoms with Crippen molar-refractivity contribution in [3.63, 3.8) is 0 Å². The third kappa shape index (κ3) is 2.07. The van der Waals surface area contributed by atoms with Crippen LogP contribution in [0.2, 0.25) is 0 Å². The Morgan fingerprint density at radius 1 is 1.13 bits per heavy atom. The van der Waals surface area contributed by atoms with Crippen molar-refractivity contribution in [3.05, 3.63) is 41.6 Å². The third-order valence-electron chi connectivity index (χ3n) is 2.29. The lowest BCUT2D eigenvalue weighted by molar-refractivity contribution is 0.794. The monoisotopic (exact) mass is 218 g/mol. The Morgan fingerprint density at radius 3 is 2.40 bits per heavy atom. The van der Waals surface area contributed by atoms with E-state index in [9.17, 15) is 0 Å². The molecule has 2 rings (SSSR count). The molecule has 15 heavy (non-hydrogen) atoms. The summed E-state index contributed by atoms with van der Waals surface area (Å²) in [5.41, 5.74) is 3.45. The molecule has 0 fully saturated rings. The molecule has 0 unspecified atom stereocenters. The summed E-state index contributed by atoms with van der Waals surface area (Å²) in [6, 6.07) is 10.5. The van der Waals surface area contributed by atoms with E-state index >= 15 is 0 Å². The van der Waals surface area contributed by atoms with Crippen LogP contribution in [-0.2, 0) is 0 Å². The zero-order valence-electron chi connectivity index (χ0n) is 9.19. The van der Waals surface area contributed by atoms with Crippen molar-refractivity contribution >= 4 is 11.8 Å². The average molecular weight is 218 g/mol. The van der Waals surface area contributed by atoms with Crippen molar-refractivity contribution in [2.24, 2.45) is 0 Å². The minimum absolute atomic E-state index is 1.06. The molecule has 0 aliphatic carbocycles. The minimum Gasteiger partial charge on any atom is -0.227 e. The van der Waals surface area contributed by atoms with Crippen molar-refractivity contribution in [2.75, 3.05) is 6.26 Å². The molecule has 0 saturated heterocycles. The number of benzene rings is 1. The fourth-order valence-electron chi connectivity index (χ4n) is 1.49. The van der Waals surface area contributed by atoms with E-state index in [-0.39, 0.29) is 0 Å². The van der Waals surface area contributed by atoms with Crippen LogP contribution in [0.15, 0.2) is 35.4 Å². The highest BCUT2D eigenvalue weighted by Gasteiger charge is 2.05. The molecule has 0 radical (unpaired) electrons. The lowest BCUT2D eigenvalue weighted by Crippen LogP contribution is -1.97. The van der Waals surface area contributed by atoms with Gasteiger partial charge in [0.05, 0.1) is 16.4 Å². The number of hydrogen-bond acceptors (Lipinski definition) is 2. The van der Waals surface area contributed by atoms with Gasteiger partial charge in [-0.05, 0) is 38.3 Å². The number of rotatable bonds is 2. The fourth-order valence-corrected chi connectivity index (χ4v) is 2.10. The highest BCUT2D eigenvalue weighted by molar-refractivity contribution is 7.98. The summed E-state index contributed by atoms with van der Waals surface area (Å²) < 4.78 is 1.99. The number of aryl methyl sites for hydroxylation is 2. The van der Waals surface area contributed by atoms with Crippen molar-refractivity contribution < 1.29 is 0 Å². The standard InChI is InChI=1S/C12H14N2S/c1-9-4-6-11(7-5-9)14-12(15-3)8-10(2)13-14/h4-8H,1-3H3. The Balaban J connectivity index is 2.48. The quantitative estimate of drug-likeness (QED) is 0.720. The van der Waals surface area contributed by atoms with Gasteiger partial charge in [0.25, 0.3) is 0 Å². The van der Waals surface area contributed by atoms with E-state index in [1.54, 1.807) is 11.8 Å². The van der Waals surface area contributed by atoms with Gasteiger partial charge in [0, 0.05) is 0 Å². The van der Waals surface area contributed by atoms with Gasteiger partial charge in [-0.15, -0.1) is 11.8 Å². The summed E-state index contributed by atoms with van der Waals surface area (Å²) in [5, 5.41) is 5.65. The van der Waals surface area contributed by atoms with Crippen LogP contribution in [0.25, 0.3) is 5.69 Å². The van der Waals surface area contributed by atoms with Crippen LogP contribution in [0.1, 0.15) is 11.3 Å². The molecule has 78 valence electrons. The second kappa shape index (κ2) is 4.11. The fraction of sp³-hybridized carbons (Fsp3) is 0.250. The Labute approximate surface area is 94.3 Å². The maximum absolute atomic E-state index is 4.48. The Bertz CT molecular complexity index is 457. The van der Waals surface area contributed by atoms with Crippen molar-refractivity contribution in [1.82, 2.24) is 9.78 Å². The Kier molecular flexibility index (Phi) is 2.82. The minimum atomic E-state index is 1.06. The smallest absolute Gasteiger partial charge is 0.0998 e. The predicted octanol–water partition coefficient (Wildman–Crippen LogP) is 3.21. The number of aromatic nitrogens is 2. The SMILES string of the molecule is CSc1cc(C)nn1-c1ccc(C)cc1. The van der Waals surface area contributed by atoms with Crippen LogP contribution in [0.5, 0.6) is 0 Å². The average Bonchev–Trinajstić information content (AvgIpc) is 2.61. The van der Waals surface area contributed by atoms with E-state index in [1.165, 1.54) is 10.6 Å². The van der Waals surface area contributed by atoms with Gasteiger partial charge in [-0.2, -0.15) is 5.10 Å². The van der Waals surface area contributed by atoms with Gasteiger partial charge < -0.3 is 0 Å². The van der Waals surface area contributed by atoms with Crippen LogP contribution in [0.3, 0.4) is 0 Å². The molecule has 0 bridgehead atoms. The summed E-state index contributed by atoms with van der Waals surface area (Å²) >= 11 is 1.72. The van der Waals surface area contributed by atoms with Gasteiger partial charge >= 0.3 is 0 Å². The molecule has 1 aromatic heterocycles. The Hall–Kier alpha value is -1.22. The second-order valence-corrected chi connectivity index (χ2v) is 4.40. The van der Waals surface area contributed by atoms with E-state index in [0.717, 1.165) is 11.4 Å². The van der Waals surface area contributed by atoms with Crippen LogP contribution in [0, 0.1) is 13.8 Å². The summed E-state index contributed by atoms with van der Waals surface area (Å²) in [5.74, 6) is 0. The number of hydrogen-bond donors (Lipinski definition) is 0. The molecule has 0 spiro atoms. The largest absolute Gasteiger partial charge is 0.227 e. The van der Waals surface area contributed by atoms with E-state index in [2.05, 4.69) is 48.6 Å². The molecular formula is C12H14N2S. The molecule has 2 aromatic rings. The van der Waals surface area contributed by atoms with Gasteiger partial charge in [0.15, 0.2) is 0 Å². The van der Waals surface area contributed by atoms with Crippen LogP contribution in [-0.4, -0.2) is 16.0 Å². The molecule has 1 aromatic carbocycles. The van der Waals surface area contributed by atoms with E-state index < -0.39 is 0 Å². The summed E-state index contributed by atoms with van der Waals surface area (Å²) in [4.78, 5) is 0. The summed E-state index contributed by atoms with van der Waals surface area (Å²) in [7, 11) is 0. The van der Waals surface area contributed by atoms with Gasteiger partial charge in [-0.25, -0.2) is 4.68 Å². The topological polar surface area (TPSA) is 17.8 Å². The van der Waals surface area contributed by atoms with E-state index in [0.29, 0.717) is 0 Å². The summed E-state index contributed by atoms with van der Waals surface area (Å²) in [6.45, 7) is 4.11. The predicted molar refractivity (Wildman–Crippen MR) is 64.8 cm³/mol. The lowest BCUT2D eigenvalue weighted by Gasteiger charge is -2.05. The normalized spacial score (nSPS) is 10.6. The molecule has 1 heterocycles. The number of nitrogens with zero attached hydrogens (tertiary/aromatic N) is 2. The Morgan fingerprint density at radius 2 is 1.80 bits per heavy atom. The van der Waals surface area contributed by atoms with Crippen LogP contribution < -0.4 is 0 Å². The molecule has 0 saturated carbocycles. The first-order valence-corrected chi connectivity index (χ1v) is 6.11. The summed E-state index contributed by atoms with van der Waals surface area (Å²) in [6.07, 6.45) is 2.07. The molecule has 0 amide bonds. The van der Waals surface area contributed by atoms with E-state index in [1.807, 2.05) is 11.6 Å². The van der Waals surface area contributed by atoms with Gasteiger partial charge in [0.2, 0.25) is 0 Å². The van der Waals surface area contributed by atoms with Gasteiger partial charge in [-0.3, -0.25) is 0 Å². The van der Waals surface area contributed by atoms with Crippen molar-refractivity contribution in [3.8, 4) is 5.69 Å². The molecule has 0 aliphatic heterocycles. The molecule has 0 aliphatic rings. The molecule has 0 atom stereocenters. The van der Waals surface area contributed by atoms with Crippen molar-refractivity contribution in [1.29, 1.82) is 0 Å².